The van der Waals surface area contributed by atoms with E-state index in [-0.39, 0.29) is 12.1 Å². The van der Waals surface area contributed by atoms with Crippen LogP contribution in [0.15, 0.2) is 24.3 Å². The molecule has 1 saturated carbocycles. The van der Waals surface area contributed by atoms with Gasteiger partial charge in [0.25, 0.3) is 0 Å². The van der Waals surface area contributed by atoms with Crippen molar-refractivity contribution in [2.24, 2.45) is 5.92 Å². The molecule has 0 heterocycles. The van der Waals surface area contributed by atoms with Crippen molar-refractivity contribution in [2.45, 2.75) is 31.8 Å². The highest BCUT2D eigenvalue weighted by Crippen LogP contribution is 2.28. The zero-order valence-corrected chi connectivity index (χ0v) is 12.9. The highest BCUT2D eigenvalue weighted by atomic mass is 35.5. The number of ether oxygens (including phenoxy) is 1. The second-order valence-corrected chi connectivity index (χ2v) is 6.14. The van der Waals surface area contributed by atoms with E-state index in [2.05, 4.69) is 19.0 Å². The second-order valence-electron chi connectivity index (χ2n) is 5.73. The Morgan fingerprint density at radius 2 is 2.00 bits per heavy atom. The third-order valence-corrected chi connectivity index (χ3v) is 4.12. The van der Waals surface area contributed by atoms with E-state index in [1.54, 1.807) is 18.2 Å². The summed E-state index contributed by atoms with van der Waals surface area (Å²) >= 11 is 6.05. The maximum atomic E-state index is 12.2. The van der Waals surface area contributed by atoms with Crippen molar-refractivity contribution in [1.82, 2.24) is 4.90 Å². The first-order valence-electron chi connectivity index (χ1n) is 7.18. The van der Waals surface area contributed by atoms with E-state index in [4.69, 9.17) is 16.3 Å². The summed E-state index contributed by atoms with van der Waals surface area (Å²) in [7, 11) is 4.11. The van der Waals surface area contributed by atoms with Crippen LogP contribution < -0.4 is 0 Å². The van der Waals surface area contributed by atoms with Gasteiger partial charge >= 0.3 is 5.97 Å². The lowest BCUT2D eigenvalue weighted by molar-refractivity contribution is -0.00322. The molecule has 1 aromatic carbocycles. The molecule has 2 rings (SSSR count). The Bertz CT molecular complexity index is 462. The summed E-state index contributed by atoms with van der Waals surface area (Å²) in [6.45, 7) is 0.959. The van der Waals surface area contributed by atoms with Gasteiger partial charge in [0, 0.05) is 12.5 Å². The monoisotopic (exact) mass is 295 g/mol. The van der Waals surface area contributed by atoms with Gasteiger partial charge in [0.15, 0.2) is 0 Å². The molecule has 0 spiro atoms. The number of carbonyl (C=O) groups excluding carboxylic acids is 1. The fraction of sp³-hybridized carbons (Fsp3) is 0.562. The van der Waals surface area contributed by atoms with Gasteiger partial charge in [0.05, 0.1) is 10.6 Å². The Hall–Kier alpha value is -1.06. The van der Waals surface area contributed by atoms with Crippen LogP contribution in [0.4, 0.5) is 0 Å². The number of halogens is 1. The van der Waals surface area contributed by atoms with Gasteiger partial charge in [-0.3, -0.25) is 0 Å². The molecule has 0 saturated heterocycles. The summed E-state index contributed by atoms with van der Waals surface area (Å²) in [5, 5.41) is 0.456. The quantitative estimate of drug-likeness (QED) is 0.795. The molecule has 0 aromatic heterocycles. The lowest BCUT2D eigenvalue weighted by Gasteiger charge is -2.33. The van der Waals surface area contributed by atoms with Crippen LogP contribution in [-0.4, -0.2) is 37.6 Å². The Balaban J connectivity index is 2.03. The van der Waals surface area contributed by atoms with Crippen molar-refractivity contribution in [3.8, 4) is 0 Å². The first-order valence-corrected chi connectivity index (χ1v) is 7.56. The van der Waals surface area contributed by atoms with Crippen molar-refractivity contribution in [3.63, 3.8) is 0 Å². The number of hydrogen-bond donors (Lipinski definition) is 0. The molecule has 0 radical (unpaired) electrons. The third-order valence-electron chi connectivity index (χ3n) is 3.79. The molecule has 110 valence electrons. The van der Waals surface area contributed by atoms with Crippen LogP contribution in [0.2, 0.25) is 5.02 Å². The summed E-state index contributed by atoms with van der Waals surface area (Å²) in [4.78, 5) is 14.4. The maximum absolute atomic E-state index is 12.2. The Morgan fingerprint density at radius 1 is 1.30 bits per heavy atom. The SMILES string of the molecule is CN(C)C[C@@H]1CCCC[C@H]1OC(=O)c1ccccc1Cl. The molecule has 1 fully saturated rings. The largest absolute Gasteiger partial charge is 0.458 e. The lowest BCUT2D eigenvalue weighted by Crippen LogP contribution is -2.36. The smallest absolute Gasteiger partial charge is 0.339 e. The number of esters is 1. The maximum Gasteiger partial charge on any atom is 0.339 e. The predicted octanol–water partition coefficient (Wildman–Crippen LogP) is 3.62. The fourth-order valence-corrected chi connectivity index (χ4v) is 3.05. The number of hydrogen-bond acceptors (Lipinski definition) is 3. The average Bonchev–Trinajstić information content (AvgIpc) is 2.41. The minimum Gasteiger partial charge on any atom is -0.458 e. The molecule has 0 amide bonds. The lowest BCUT2D eigenvalue weighted by atomic mass is 9.86. The molecule has 4 heteroatoms. The summed E-state index contributed by atoms with van der Waals surface area (Å²) in [6, 6.07) is 7.06. The molecule has 1 aliphatic rings. The van der Waals surface area contributed by atoms with Gasteiger partial charge in [-0.2, -0.15) is 0 Å². The molecule has 0 unspecified atom stereocenters. The predicted molar refractivity (Wildman–Crippen MR) is 81.2 cm³/mol. The van der Waals surface area contributed by atoms with Crippen molar-refractivity contribution in [1.29, 1.82) is 0 Å². The van der Waals surface area contributed by atoms with E-state index in [1.807, 2.05) is 6.07 Å². The Labute approximate surface area is 125 Å². The number of carbonyl (C=O) groups is 1. The van der Waals surface area contributed by atoms with Crippen LogP contribution in [0.3, 0.4) is 0 Å². The van der Waals surface area contributed by atoms with E-state index >= 15 is 0 Å². The summed E-state index contributed by atoms with van der Waals surface area (Å²) in [5.41, 5.74) is 0.461. The molecule has 20 heavy (non-hydrogen) atoms. The van der Waals surface area contributed by atoms with Gasteiger partial charge in [-0.1, -0.05) is 30.2 Å². The van der Waals surface area contributed by atoms with Crippen LogP contribution >= 0.6 is 11.6 Å². The van der Waals surface area contributed by atoms with Crippen molar-refractivity contribution >= 4 is 17.6 Å². The first kappa shape index (κ1) is 15.3. The van der Waals surface area contributed by atoms with Gasteiger partial charge in [0.2, 0.25) is 0 Å². The van der Waals surface area contributed by atoms with Crippen LogP contribution in [0, 0.1) is 5.92 Å². The molecule has 0 bridgehead atoms. The molecule has 0 aliphatic heterocycles. The zero-order chi connectivity index (χ0) is 14.5. The Morgan fingerprint density at radius 3 is 2.70 bits per heavy atom. The second kappa shape index (κ2) is 7.09. The van der Waals surface area contributed by atoms with E-state index in [1.165, 1.54) is 6.42 Å². The minimum absolute atomic E-state index is 0.00919. The summed E-state index contributed by atoms with van der Waals surface area (Å²) in [5.74, 6) is 0.122. The van der Waals surface area contributed by atoms with Crippen molar-refractivity contribution in [3.05, 3.63) is 34.9 Å². The van der Waals surface area contributed by atoms with Gasteiger partial charge in [-0.25, -0.2) is 4.79 Å². The minimum atomic E-state index is -0.300. The number of benzene rings is 1. The van der Waals surface area contributed by atoms with E-state index in [0.717, 1.165) is 25.8 Å². The average molecular weight is 296 g/mol. The van der Waals surface area contributed by atoms with Gasteiger partial charge in [0.1, 0.15) is 6.10 Å². The van der Waals surface area contributed by atoms with Crippen molar-refractivity contribution < 1.29 is 9.53 Å². The number of nitrogens with zero attached hydrogens (tertiary/aromatic N) is 1. The van der Waals surface area contributed by atoms with Crippen LogP contribution in [0.5, 0.6) is 0 Å². The van der Waals surface area contributed by atoms with Gasteiger partial charge < -0.3 is 9.64 Å². The standard InChI is InChI=1S/C16H22ClNO2/c1-18(2)11-12-7-3-6-10-15(12)20-16(19)13-8-4-5-9-14(13)17/h4-5,8-9,12,15H,3,6-7,10-11H2,1-2H3/t12-,15+/m0/s1. The number of rotatable bonds is 4. The molecule has 1 aromatic rings. The highest BCUT2D eigenvalue weighted by Gasteiger charge is 2.29. The Kier molecular flexibility index (Phi) is 5.44. The fourth-order valence-electron chi connectivity index (χ4n) is 2.83. The molecule has 0 N–H and O–H groups in total. The van der Waals surface area contributed by atoms with Gasteiger partial charge in [-0.15, -0.1) is 0 Å². The molecule has 2 atom stereocenters. The molecule has 3 nitrogen and oxygen atoms in total. The van der Waals surface area contributed by atoms with Crippen LogP contribution in [0.25, 0.3) is 0 Å². The topological polar surface area (TPSA) is 29.5 Å². The van der Waals surface area contributed by atoms with Crippen LogP contribution in [0.1, 0.15) is 36.0 Å². The zero-order valence-electron chi connectivity index (χ0n) is 12.1. The molecular weight excluding hydrogens is 274 g/mol. The summed E-state index contributed by atoms with van der Waals surface area (Å²) in [6.07, 6.45) is 4.44. The first-order chi connectivity index (χ1) is 9.58. The summed E-state index contributed by atoms with van der Waals surface area (Å²) < 4.78 is 5.72. The highest BCUT2D eigenvalue weighted by molar-refractivity contribution is 6.33. The van der Waals surface area contributed by atoms with Gasteiger partial charge in [-0.05, 0) is 45.5 Å². The van der Waals surface area contributed by atoms with Crippen LogP contribution in [-0.2, 0) is 4.74 Å². The van der Waals surface area contributed by atoms with Crippen molar-refractivity contribution in [2.75, 3.05) is 20.6 Å². The molecule has 1 aliphatic carbocycles. The normalized spacial score (nSPS) is 22.8. The van der Waals surface area contributed by atoms with E-state index < -0.39 is 0 Å². The van der Waals surface area contributed by atoms with E-state index in [0.29, 0.717) is 16.5 Å². The van der Waals surface area contributed by atoms with E-state index in [9.17, 15) is 4.79 Å². The third kappa shape index (κ3) is 3.97. The molecular formula is C16H22ClNO2.